The molecule has 0 radical (unpaired) electrons. The lowest BCUT2D eigenvalue weighted by Crippen LogP contribution is -2.39. The van der Waals surface area contributed by atoms with Crippen LogP contribution in [0.4, 0.5) is 5.13 Å². The van der Waals surface area contributed by atoms with Crippen molar-refractivity contribution >= 4 is 34.8 Å². The molecule has 218 valence electrons. The Balaban J connectivity index is 0.00000462. The Morgan fingerprint density at radius 1 is 0.951 bits per heavy atom. The zero-order valence-electron chi connectivity index (χ0n) is 23.3. The molecule has 11 heteroatoms. The lowest BCUT2D eigenvalue weighted by Gasteiger charge is -2.14. The van der Waals surface area contributed by atoms with Crippen LogP contribution in [0.25, 0.3) is 21.7 Å². The minimum atomic E-state index is -0.869. The fraction of sp³-hybridized carbons (Fsp3) is 0.267. The Morgan fingerprint density at radius 3 is 2.20 bits per heavy atom. The second-order valence-electron chi connectivity index (χ2n) is 8.66. The molecule has 1 heterocycles. The Kier molecular flexibility index (Phi) is 11.8. The molecule has 0 spiro atoms. The number of ether oxygens (including phenoxy) is 5. The van der Waals surface area contributed by atoms with E-state index in [-0.39, 0.29) is 19.0 Å². The number of anilines is 1. The monoisotopic (exact) mass is 599 g/mol. The van der Waals surface area contributed by atoms with Crippen LogP contribution in [0.5, 0.6) is 23.0 Å². The molecule has 0 saturated carbocycles. The van der Waals surface area contributed by atoms with Crippen molar-refractivity contribution in [3.8, 4) is 44.7 Å². The van der Waals surface area contributed by atoms with Crippen LogP contribution >= 0.6 is 23.7 Å². The highest BCUT2D eigenvalue weighted by molar-refractivity contribution is 7.19. The summed E-state index contributed by atoms with van der Waals surface area (Å²) in [7, 11) is 4.68. The summed E-state index contributed by atoms with van der Waals surface area (Å²) in [6, 6.07) is 20.2. The molecule has 0 bridgehead atoms. The third-order valence-corrected chi connectivity index (χ3v) is 6.99. The normalized spacial score (nSPS) is 11.2. The number of carbonyl (C=O) groups excluding carboxylic acids is 1. The van der Waals surface area contributed by atoms with Gasteiger partial charge in [0.15, 0.2) is 16.6 Å². The third kappa shape index (κ3) is 7.89. The molecular weight excluding hydrogens is 566 g/mol. The number of hydrogen-bond acceptors (Lipinski definition) is 9. The van der Waals surface area contributed by atoms with Crippen molar-refractivity contribution < 1.29 is 28.5 Å². The minimum Gasteiger partial charge on any atom is -0.494 e. The number of aromatic nitrogens is 1. The molecule has 4 aromatic rings. The van der Waals surface area contributed by atoms with Crippen LogP contribution in [-0.2, 0) is 16.1 Å². The molecule has 0 aliphatic rings. The van der Waals surface area contributed by atoms with Gasteiger partial charge in [-0.05, 0) is 48.9 Å². The van der Waals surface area contributed by atoms with Crippen LogP contribution < -0.4 is 30.0 Å². The van der Waals surface area contributed by atoms with Gasteiger partial charge in [-0.3, -0.25) is 4.79 Å². The maximum atomic E-state index is 12.9. The summed E-state index contributed by atoms with van der Waals surface area (Å²) in [5.74, 6) is 1.86. The summed E-state index contributed by atoms with van der Waals surface area (Å²) >= 11 is 1.32. The molecule has 0 fully saturated rings. The fourth-order valence-corrected chi connectivity index (χ4v) is 4.98. The molecule has 4 rings (SSSR count). The van der Waals surface area contributed by atoms with E-state index in [0.717, 1.165) is 27.3 Å². The Labute approximate surface area is 250 Å². The van der Waals surface area contributed by atoms with Crippen LogP contribution in [0, 0.1) is 0 Å². The first-order valence-corrected chi connectivity index (χ1v) is 13.5. The second kappa shape index (κ2) is 15.2. The van der Waals surface area contributed by atoms with Crippen LogP contribution in [-0.4, -0.2) is 51.5 Å². The van der Waals surface area contributed by atoms with Gasteiger partial charge in [0, 0.05) is 11.1 Å². The first kappa shape index (κ1) is 31.7. The number of nitrogens with one attached hydrogen (secondary N) is 1. The maximum absolute atomic E-state index is 12.9. The molecule has 0 aliphatic carbocycles. The predicted octanol–water partition coefficient (Wildman–Crippen LogP) is 5.81. The molecule has 0 saturated heterocycles. The maximum Gasteiger partial charge on any atom is 0.245 e. The van der Waals surface area contributed by atoms with Gasteiger partial charge in [0.05, 0.1) is 51.7 Å². The van der Waals surface area contributed by atoms with E-state index in [1.807, 2.05) is 73.7 Å². The number of halogens is 1. The lowest BCUT2D eigenvalue weighted by molar-refractivity contribution is -0.118. The highest BCUT2D eigenvalue weighted by Gasteiger charge is 2.22. The topological polar surface area (TPSA) is 114 Å². The molecule has 41 heavy (non-hydrogen) atoms. The van der Waals surface area contributed by atoms with E-state index in [0.29, 0.717) is 41.3 Å². The first-order chi connectivity index (χ1) is 19.5. The van der Waals surface area contributed by atoms with Crippen LogP contribution in [0.3, 0.4) is 0 Å². The number of thiazole rings is 1. The van der Waals surface area contributed by atoms with E-state index in [1.54, 1.807) is 21.3 Å². The van der Waals surface area contributed by atoms with Crippen molar-refractivity contribution in [2.45, 2.75) is 19.6 Å². The quantitative estimate of drug-likeness (QED) is 0.198. The fourth-order valence-electron chi connectivity index (χ4n) is 4.00. The smallest absolute Gasteiger partial charge is 0.245 e. The summed E-state index contributed by atoms with van der Waals surface area (Å²) in [5.41, 5.74) is 9.44. The van der Waals surface area contributed by atoms with Crippen LogP contribution in [0.1, 0.15) is 12.5 Å². The molecule has 0 aliphatic heterocycles. The third-order valence-electron chi connectivity index (χ3n) is 5.97. The van der Waals surface area contributed by atoms with Gasteiger partial charge in [-0.25, -0.2) is 4.98 Å². The Bertz CT molecular complexity index is 1390. The van der Waals surface area contributed by atoms with Crippen LogP contribution in [0.15, 0.2) is 66.7 Å². The zero-order valence-corrected chi connectivity index (χ0v) is 25.0. The van der Waals surface area contributed by atoms with E-state index in [1.165, 1.54) is 11.3 Å². The molecular formula is C30H34ClN3O6S. The summed E-state index contributed by atoms with van der Waals surface area (Å²) < 4.78 is 27.9. The van der Waals surface area contributed by atoms with E-state index in [4.69, 9.17) is 34.4 Å². The van der Waals surface area contributed by atoms with Crippen molar-refractivity contribution in [3.63, 3.8) is 0 Å². The van der Waals surface area contributed by atoms with Gasteiger partial charge in [-0.15, -0.1) is 12.4 Å². The van der Waals surface area contributed by atoms with E-state index >= 15 is 0 Å². The molecule has 1 amide bonds. The number of amides is 1. The minimum absolute atomic E-state index is 0. The van der Waals surface area contributed by atoms with E-state index in [9.17, 15) is 4.79 Å². The molecule has 3 aromatic carbocycles. The molecule has 9 nitrogen and oxygen atoms in total. The van der Waals surface area contributed by atoms with E-state index in [2.05, 4.69) is 5.32 Å². The standard InChI is InChI=1S/C30H33N3O6S.ClH/c1-5-39-22-13-11-20(12-14-22)26-28(21-15-24(35-2)27(37-4)25(16-21)36-3)40-30(32-26)33-29(34)23(31)18-38-17-19-9-7-6-8-10-19;/h6-16,23H,5,17-18,31H2,1-4H3,(H,32,33,34);1H. The largest absolute Gasteiger partial charge is 0.494 e. The van der Waals surface area contributed by atoms with E-state index < -0.39 is 11.9 Å². The SMILES string of the molecule is CCOc1ccc(-c2nc(NC(=O)C(N)COCc3ccccc3)sc2-c2cc(OC)c(OC)c(OC)c2)cc1.Cl. The Hall–Kier alpha value is -3.83. The van der Waals surface area contributed by atoms with Crippen molar-refractivity contribution in [3.05, 3.63) is 72.3 Å². The molecule has 3 N–H and O–H groups in total. The summed E-state index contributed by atoms with van der Waals surface area (Å²) in [5, 5.41) is 3.25. The molecule has 1 atom stereocenters. The zero-order chi connectivity index (χ0) is 28.5. The summed E-state index contributed by atoms with van der Waals surface area (Å²) in [6.07, 6.45) is 0. The number of rotatable bonds is 13. The Morgan fingerprint density at radius 2 is 1.61 bits per heavy atom. The summed E-state index contributed by atoms with van der Waals surface area (Å²) in [4.78, 5) is 18.5. The van der Waals surface area contributed by atoms with Gasteiger partial charge in [-0.2, -0.15) is 0 Å². The highest BCUT2D eigenvalue weighted by atomic mass is 35.5. The molecule has 1 unspecified atom stereocenters. The van der Waals surface area contributed by atoms with Gasteiger partial charge in [0.1, 0.15) is 11.8 Å². The van der Waals surface area contributed by atoms with Gasteiger partial charge < -0.3 is 34.7 Å². The summed E-state index contributed by atoms with van der Waals surface area (Å²) in [6.45, 7) is 2.94. The van der Waals surface area contributed by atoms with Crippen molar-refractivity contribution in [2.24, 2.45) is 5.73 Å². The van der Waals surface area contributed by atoms with Gasteiger partial charge in [0.2, 0.25) is 11.7 Å². The first-order valence-electron chi connectivity index (χ1n) is 12.7. The predicted molar refractivity (Wildman–Crippen MR) is 164 cm³/mol. The number of hydrogen-bond donors (Lipinski definition) is 2. The van der Waals surface area contributed by atoms with Crippen molar-refractivity contribution in [1.29, 1.82) is 0 Å². The molecule has 1 aromatic heterocycles. The average Bonchev–Trinajstić information content (AvgIpc) is 3.41. The number of nitrogens with zero attached hydrogens (tertiary/aromatic N) is 1. The van der Waals surface area contributed by atoms with Gasteiger partial charge in [0.25, 0.3) is 0 Å². The van der Waals surface area contributed by atoms with Crippen molar-refractivity contribution in [1.82, 2.24) is 4.98 Å². The van der Waals surface area contributed by atoms with Gasteiger partial charge in [-0.1, -0.05) is 41.7 Å². The van der Waals surface area contributed by atoms with Gasteiger partial charge >= 0.3 is 0 Å². The average molecular weight is 600 g/mol. The van der Waals surface area contributed by atoms with Crippen LogP contribution in [0.2, 0.25) is 0 Å². The number of benzene rings is 3. The van der Waals surface area contributed by atoms with Crippen molar-refractivity contribution in [2.75, 3.05) is 39.9 Å². The number of nitrogens with two attached hydrogens (primary N) is 1. The highest BCUT2D eigenvalue weighted by Crippen LogP contribution is 2.46. The number of carbonyl (C=O) groups is 1. The second-order valence-corrected chi connectivity index (χ2v) is 9.66. The lowest BCUT2D eigenvalue weighted by atomic mass is 10.1. The number of methoxy groups -OCH3 is 3.